The zero-order chi connectivity index (χ0) is 13.7. The Bertz CT molecular complexity index is 659. The monoisotopic (exact) mass is 272 g/mol. The van der Waals surface area contributed by atoms with Gasteiger partial charge in [0.05, 0.1) is 5.41 Å². The van der Waals surface area contributed by atoms with E-state index in [1.807, 2.05) is 30.3 Å². The van der Waals surface area contributed by atoms with Gasteiger partial charge in [-0.3, -0.25) is 4.72 Å². The maximum absolute atomic E-state index is 11.8. The molecule has 2 aromatic carbocycles. The maximum Gasteiger partial charge on any atom is 0.255 e. The summed E-state index contributed by atoms with van der Waals surface area (Å²) in [6.07, 6.45) is 1.55. The number of hydrogen-bond donors (Lipinski definition) is 1. The van der Waals surface area contributed by atoms with Crippen LogP contribution in [0.15, 0.2) is 60.0 Å². The molecule has 0 saturated carbocycles. The highest BCUT2D eigenvalue weighted by Gasteiger charge is 2.04. The summed E-state index contributed by atoms with van der Waals surface area (Å²) in [5.74, 6) is 0. The highest BCUT2D eigenvalue weighted by Crippen LogP contribution is 2.12. The van der Waals surface area contributed by atoms with E-state index in [0.717, 1.165) is 16.5 Å². The lowest BCUT2D eigenvalue weighted by Crippen LogP contribution is -2.08. The van der Waals surface area contributed by atoms with Crippen LogP contribution in [0, 0.1) is 6.92 Å². The number of benzene rings is 2. The first-order valence-corrected chi connectivity index (χ1v) is 7.28. The van der Waals surface area contributed by atoms with E-state index in [1.54, 1.807) is 30.3 Å². The molecule has 2 rings (SSSR count). The van der Waals surface area contributed by atoms with Crippen molar-refractivity contribution in [3.05, 3.63) is 78.1 Å². The number of nitrogens with one attached hydrogen (secondary N) is 1. The van der Waals surface area contributed by atoms with Gasteiger partial charge in [0.25, 0.3) is 10.0 Å². The molecule has 0 amide bonds. The fraction of sp³-hybridized carbons (Fsp3) is 0. The van der Waals surface area contributed by atoms with Crippen LogP contribution in [0.1, 0.15) is 11.1 Å². The third-order valence-electron chi connectivity index (χ3n) is 2.45. The van der Waals surface area contributed by atoms with Gasteiger partial charge in [0.2, 0.25) is 0 Å². The van der Waals surface area contributed by atoms with Gasteiger partial charge in [-0.1, -0.05) is 42.5 Å². The van der Waals surface area contributed by atoms with Crippen LogP contribution >= 0.6 is 0 Å². The maximum atomic E-state index is 11.8. The molecule has 97 valence electrons. The fourth-order valence-electron chi connectivity index (χ4n) is 1.50. The third kappa shape index (κ3) is 4.26. The quantitative estimate of drug-likeness (QED) is 0.928. The van der Waals surface area contributed by atoms with Gasteiger partial charge in [0.15, 0.2) is 0 Å². The third-order valence-corrected chi connectivity index (χ3v) is 3.47. The number of hydrogen-bond acceptors (Lipinski definition) is 2. The molecule has 2 aromatic rings. The molecule has 0 saturated heterocycles. The summed E-state index contributed by atoms with van der Waals surface area (Å²) in [4.78, 5) is 0. The van der Waals surface area contributed by atoms with Crippen molar-refractivity contribution in [3.8, 4) is 0 Å². The Hall–Kier alpha value is -2.07. The molecular formula is C15H14NO2S. The standard InChI is InChI=1S/C15H14NO2S/c1-13-7-9-15(10-8-13)16-19(17,18)12-11-14-5-3-2-4-6-14/h2-12,16H,1H2/b12-11+. The van der Waals surface area contributed by atoms with Crippen molar-refractivity contribution < 1.29 is 8.42 Å². The van der Waals surface area contributed by atoms with E-state index in [2.05, 4.69) is 11.6 Å². The minimum absolute atomic E-state index is 0.519. The van der Waals surface area contributed by atoms with Gasteiger partial charge in [0.1, 0.15) is 0 Å². The number of rotatable bonds is 4. The second kappa shape index (κ2) is 5.71. The smallest absolute Gasteiger partial charge is 0.255 e. The summed E-state index contributed by atoms with van der Waals surface area (Å²) in [6.45, 7) is 3.74. The molecule has 0 atom stereocenters. The first-order chi connectivity index (χ1) is 9.05. The predicted octanol–water partition coefficient (Wildman–Crippen LogP) is 3.28. The van der Waals surface area contributed by atoms with Crippen LogP contribution in [0.3, 0.4) is 0 Å². The molecule has 3 nitrogen and oxygen atoms in total. The molecule has 0 bridgehead atoms. The molecule has 4 heteroatoms. The molecule has 0 aliphatic heterocycles. The molecule has 0 aromatic heterocycles. The molecule has 19 heavy (non-hydrogen) atoms. The average molecular weight is 272 g/mol. The van der Waals surface area contributed by atoms with Crippen molar-refractivity contribution in [1.82, 2.24) is 0 Å². The molecule has 0 spiro atoms. The minimum Gasteiger partial charge on any atom is -0.280 e. The summed E-state index contributed by atoms with van der Waals surface area (Å²) in [5, 5.41) is 1.15. The van der Waals surface area contributed by atoms with Crippen LogP contribution in [0.4, 0.5) is 5.69 Å². The van der Waals surface area contributed by atoms with Gasteiger partial charge in [0, 0.05) is 5.69 Å². The second-order valence-electron chi connectivity index (χ2n) is 4.06. The highest BCUT2D eigenvalue weighted by atomic mass is 32.2. The van der Waals surface area contributed by atoms with E-state index < -0.39 is 10.0 Å². The van der Waals surface area contributed by atoms with Gasteiger partial charge in [-0.15, -0.1) is 0 Å². The van der Waals surface area contributed by atoms with Crippen LogP contribution in [-0.2, 0) is 10.0 Å². The van der Waals surface area contributed by atoms with E-state index in [4.69, 9.17) is 0 Å². The SMILES string of the molecule is [CH2]c1ccc(NS(=O)(=O)/C=C/c2ccccc2)cc1. The van der Waals surface area contributed by atoms with Crippen molar-refractivity contribution in [2.75, 3.05) is 4.72 Å². The van der Waals surface area contributed by atoms with E-state index in [-0.39, 0.29) is 0 Å². The van der Waals surface area contributed by atoms with E-state index in [0.29, 0.717) is 5.69 Å². The number of anilines is 1. The van der Waals surface area contributed by atoms with Crippen molar-refractivity contribution in [3.63, 3.8) is 0 Å². The molecular weight excluding hydrogens is 258 g/mol. The predicted molar refractivity (Wildman–Crippen MR) is 78.9 cm³/mol. The van der Waals surface area contributed by atoms with Gasteiger partial charge < -0.3 is 0 Å². The van der Waals surface area contributed by atoms with E-state index >= 15 is 0 Å². The zero-order valence-corrected chi connectivity index (χ0v) is 11.1. The minimum atomic E-state index is -3.50. The topological polar surface area (TPSA) is 46.2 Å². The molecule has 1 N–H and O–H groups in total. The lowest BCUT2D eigenvalue weighted by molar-refractivity contribution is 0.609. The molecule has 1 radical (unpaired) electrons. The number of sulfonamides is 1. The normalized spacial score (nSPS) is 11.6. The summed E-state index contributed by atoms with van der Waals surface area (Å²) < 4.78 is 26.2. The Balaban J connectivity index is 2.11. The first kappa shape index (κ1) is 13.4. The summed E-state index contributed by atoms with van der Waals surface area (Å²) in [6, 6.07) is 16.1. The highest BCUT2D eigenvalue weighted by molar-refractivity contribution is 7.95. The summed E-state index contributed by atoms with van der Waals surface area (Å²) in [5.41, 5.74) is 2.19. The van der Waals surface area contributed by atoms with Gasteiger partial charge >= 0.3 is 0 Å². The van der Waals surface area contributed by atoms with Crippen LogP contribution in [0.5, 0.6) is 0 Å². The lowest BCUT2D eigenvalue weighted by Gasteiger charge is -2.04. The fourth-order valence-corrected chi connectivity index (χ4v) is 2.37. The largest absolute Gasteiger partial charge is 0.280 e. The molecule has 0 aliphatic rings. The Kier molecular flexibility index (Phi) is 4.02. The zero-order valence-electron chi connectivity index (χ0n) is 10.3. The Morgan fingerprint density at radius 3 is 2.21 bits per heavy atom. The van der Waals surface area contributed by atoms with Crippen molar-refractivity contribution in [2.24, 2.45) is 0 Å². The van der Waals surface area contributed by atoms with Crippen LogP contribution < -0.4 is 4.72 Å². The molecule has 0 fully saturated rings. The van der Waals surface area contributed by atoms with Crippen molar-refractivity contribution >= 4 is 21.8 Å². The molecule has 0 unspecified atom stereocenters. The average Bonchev–Trinajstić information content (AvgIpc) is 2.40. The Morgan fingerprint density at radius 2 is 1.58 bits per heavy atom. The molecule has 0 aliphatic carbocycles. The van der Waals surface area contributed by atoms with Crippen molar-refractivity contribution in [2.45, 2.75) is 0 Å². The second-order valence-corrected chi connectivity index (χ2v) is 5.62. The first-order valence-electron chi connectivity index (χ1n) is 5.73. The van der Waals surface area contributed by atoms with E-state index in [1.165, 1.54) is 0 Å². The van der Waals surface area contributed by atoms with Crippen LogP contribution in [-0.4, -0.2) is 8.42 Å². The van der Waals surface area contributed by atoms with Crippen molar-refractivity contribution in [1.29, 1.82) is 0 Å². The van der Waals surface area contributed by atoms with Crippen LogP contribution in [0.25, 0.3) is 6.08 Å². The summed E-state index contributed by atoms with van der Waals surface area (Å²) >= 11 is 0. The Labute approximate surface area is 113 Å². The Morgan fingerprint density at radius 1 is 0.947 bits per heavy atom. The van der Waals surface area contributed by atoms with Gasteiger partial charge in [-0.25, -0.2) is 8.42 Å². The lowest BCUT2D eigenvalue weighted by atomic mass is 10.2. The van der Waals surface area contributed by atoms with Gasteiger partial charge in [-0.05, 0) is 36.3 Å². The van der Waals surface area contributed by atoms with Crippen LogP contribution in [0.2, 0.25) is 0 Å². The van der Waals surface area contributed by atoms with E-state index in [9.17, 15) is 8.42 Å². The van der Waals surface area contributed by atoms with Gasteiger partial charge in [-0.2, -0.15) is 0 Å². The molecule has 0 heterocycles. The summed E-state index contributed by atoms with van der Waals surface area (Å²) in [7, 11) is -3.50.